The van der Waals surface area contributed by atoms with E-state index in [1.54, 1.807) is 23.5 Å². The van der Waals surface area contributed by atoms with Gasteiger partial charge in [0, 0.05) is 53.4 Å². The number of carbonyl (C=O) groups is 1. The maximum atomic E-state index is 12.5. The molecule has 1 amide bonds. The molecule has 38 heavy (non-hydrogen) atoms. The summed E-state index contributed by atoms with van der Waals surface area (Å²) < 4.78 is 0. The molecular weight excluding hydrogens is 516 g/mol. The molecule has 0 unspecified atom stereocenters. The second-order valence-corrected chi connectivity index (χ2v) is 11.4. The number of benzene rings is 2. The fourth-order valence-corrected chi connectivity index (χ4v) is 5.36. The van der Waals surface area contributed by atoms with E-state index in [1.807, 2.05) is 48.7 Å². The lowest BCUT2D eigenvalue weighted by molar-refractivity contribution is 0.102. The highest BCUT2D eigenvalue weighted by molar-refractivity contribution is 7.99. The lowest BCUT2D eigenvalue weighted by atomic mass is 10.2. The minimum Gasteiger partial charge on any atom is -0.338 e. The van der Waals surface area contributed by atoms with Gasteiger partial charge >= 0.3 is 0 Å². The van der Waals surface area contributed by atoms with E-state index in [0.29, 0.717) is 28.5 Å². The number of nitrogens with zero attached hydrogens (tertiary/aromatic N) is 6. The van der Waals surface area contributed by atoms with Crippen molar-refractivity contribution in [3.8, 4) is 0 Å². The molecule has 2 N–H and O–H groups in total. The van der Waals surface area contributed by atoms with Crippen LogP contribution in [0.5, 0.6) is 0 Å². The van der Waals surface area contributed by atoms with Crippen LogP contribution in [0.2, 0.25) is 0 Å². The zero-order valence-electron chi connectivity index (χ0n) is 21.6. The molecule has 0 radical (unpaired) electrons. The van der Waals surface area contributed by atoms with Crippen molar-refractivity contribution in [2.45, 2.75) is 29.8 Å². The molecule has 9 nitrogen and oxygen atoms in total. The molecule has 0 spiro atoms. The second-order valence-electron chi connectivity index (χ2n) is 9.33. The van der Waals surface area contributed by atoms with Gasteiger partial charge in [0.25, 0.3) is 5.91 Å². The summed E-state index contributed by atoms with van der Waals surface area (Å²) in [7, 11) is 2.12. The third-order valence-electron chi connectivity index (χ3n) is 6.06. The minimum absolute atomic E-state index is 0.140. The van der Waals surface area contributed by atoms with Crippen molar-refractivity contribution in [3.63, 3.8) is 0 Å². The lowest BCUT2D eigenvalue weighted by Gasteiger charge is -2.32. The molecule has 0 atom stereocenters. The Kier molecular flexibility index (Phi) is 8.16. The van der Waals surface area contributed by atoms with Gasteiger partial charge in [0.05, 0.1) is 0 Å². The first-order chi connectivity index (χ1) is 18.4. The molecule has 1 aliphatic heterocycles. The average Bonchev–Trinajstić information content (AvgIpc) is 3.39. The normalized spacial score (nSPS) is 14.1. The Labute approximate surface area is 230 Å². The van der Waals surface area contributed by atoms with Crippen LogP contribution < -0.4 is 15.5 Å². The molecular formula is C27H30N8OS2. The minimum atomic E-state index is -0.140. The number of rotatable bonds is 8. The van der Waals surface area contributed by atoms with Crippen LogP contribution in [0.25, 0.3) is 0 Å². The SMILES string of the molecule is CC(C)c1cnc(Nc2nc(Sc3ccc(NC(=O)c4ccccc4)cc3)nc(N3CCN(C)CC3)n2)s1. The van der Waals surface area contributed by atoms with Gasteiger partial charge < -0.3 is 15.1 Å². The van der Waals surface area contributed by atoms with Gasteiger partial charge in [0.15, 0.2) is 10.3 Å². The van der Waals surface area contributed by atoms with Crippen LogP contribution in [0.1, 0.15) is 35.0 Å². The van der Waals surface area contributed by atoms with Crippen molar-refractivity contribution in [2.24, 2.45) is 0 Å². The van der Waals surface area contributed by atoms with Gasteiger partial charge in [-0.25, -0.2) is 4.98 Å². The summed E-state index contributed by atoms with van der Waals surface area (Å²) in [6, 6.07) is 16.8. The van der Waals surface area contributed by atoms with E-state index in [9.17, 15) is 4.79 Å². The van der Waals surface area contributed by atoms with Crippen molar-refractivity contribution in [1.82, 2.24) is 24.8 Å². The van der Waals surface area contributed by atoms with E-state index in [2.05, 4.69) is 51.3 Å². The summed E-state index contributed by atoms with van der Waals surface area (Å²) in [5.74, 6) is 1.41. The van der Waals surface area contributed by atoms with Crippen LogP contribution in [0, 0.1) is 0 Å². The number of amides is 1. The number of hydrogen-bond donors (Lipinski definition) is 2. The monoisotopic (exact) mass is 546 g/mol. The number of anilines is 4. The molecule has 0 bridgehead atoms. The Balaban J connectivity index is 1.34. The molecule has 11 heteroatoms. The quantitative estimate of drug-likeness (QED) is 0.303. The Morgan fingerprint density at radius 3 is 2.39 bits per heavy atom. The highest BCUT2D eigenvalue weighted by Crippen LogP contribution is 2.30. The van der Waals surface area contributed by atoms with Gasteiger partial charge in [-0.1, -0.05) is 32.0 Å². The first kappa shape index (κ1) is 26.1. The third-order valence-corrected chi connectivity index (χ3v) is 8.14. The predicted molar refractivity (Wildman–Crippen MR) is 154 cm³/mol. The molecule has 5 rings (SSSR count). The van der Waals surface area contributed by atoms with Crippen LogP contribution in [-0.2, 0) is 0 Å². The summed E-state index contributed by atoms with van der Waals surface area (Å²) in [5, 5.41) is 7.58. The van der Waals surface area contributed by atoms with Crippen LogP contribution in [0.4, 0.5) is 22.7 Å². The Morgan fingerprint density at radius 2 is 1.71 bits per heavy atom. The number of thiazole rings is 1. The topological polar surface area (TPSA) is 99.2 Å². The number of nitrogens with one attached hydrogen (secondary N) is 2. The maximum Gasteiger partial charge on any atom is 0.255 e. The van der Waals surface area contributed by atoms with Gasteiger partial charge in [-0.3, -0.25) is 10.1 Å². The summed E-state index contributed by atoms with van der Waals surface area (Å²) in [6.07, 6.45) is 1.90. The van der Waals surface area contributed by atoms with E-state index in [1.165, 1.54) is 16.6 Å². The largest absolute Gasteiger partial charge is 0.338 e. The van der Waals surface area contributed by atoms with Crippen molar-refractivity contribution >= 4 is 51.7 Å². The van der Waals surface area contributed by atoms with Crippen LogP contribution in [0.15, 0.2) is 70.8 Å². The highest BCUT2D eigenvalue weighted by atomic mass is 32.2. The van der Waals surface area contributed by atoms with Crippen molar-refractivity contribution < 1.29 is 4.79 Å². The van der Waals surface area contributed by atoms with E-state index in [-0.39, 0.29) is 5.91 Å². The Hall–Kier alpha value is -3.54. The molecule has 0 saturated carbocycles. The molecule has 196 valence electrons. The fraction of sp³-hybridized carbons (Fsp3) is 0.296. The van der Waals surface area contributed by atoms with Crippen molar-refractivity contribution in [1.29, 1.82) is 0 Å². The summed E-state index contributed by atoms with van der Waals surface area (Å²) in [6.45, 7) is 7.93. The molecule has 1 fully saturated rings. The van der Waals surface area contributed by atoms with Crippen molar-refractivity contribution in [3.05, 3.63) is 71.2 Å². The Bertz CT molecular complexity index is 1370. The highest BCUT2D eigenvalue weighted by Gasteiger charge is 2.19. The molecule has 4 aromatic rings. The van der Waals surface area contributed by atoms with Gasteiger partial charge in [-0.15, -0.1) is 11.3 Å². The summed E-state index contributed by atoms with van der Waals surface area (Å²) >= 11 is 3.06. The summed E-state index contributed by atoms with van der Waals surface area (Å²) in [4.78, 5) is 37.8. The molecule has 2 aromatic heterocycles. The molecule has 3 heterocycles. The van der Waals surface area contributed by atoms with Gasteiger partial charge in [-0.05, 0) is 61.1 Å². The van der Waals surface area contributed by atoms with Gasteiger partial charge in [0.2, 0.25) is 11.9 Å². The van der Waals surface area contributed by atoms with Crippen LogP contribution in [0.3, 0.4) is 0 Å². The number of hydrogen-bond acceptors (Lipinski definition) is 10. The van der Waals surface area contributed by atoms with Gasteiger partial charge in [0.1, 0.15) is 0 Å². The predicted octanol–water partition coefficient (Wildman–Crippen LogP) is 5.35. The first-order valence-corrected chi connectivity index (χ1v) is 14.1. The average molecular weight is 547 g/mol. The second kappa shape index (κ2) is 11.9. The van der Waals surface area contributed by atoms with E-state index in [0.717, 1.165) is 41.9 Å². The lowest BCUT2D eigenvalue weighted by Crippen LogP contribution is -2.45. The smallest absolute Gasteiger partial charge is 0.255 e. The zero-order chi connectivity index (χ0) is 26.5. The number of likely N-dealkylation sites (N-methyl/N-ethyl adjacent to an activating group) is 1. The third kappa shape index (κ3) is 6.66. The fourth-order valence-electron chi connectivity index (χ4n) is 3.81. The van der Waals surface area contributed by atoms with Crippen LogP contribution in [-0.4, -0.2) is 64.0 Å². The molecule has 1 saturated heterocycles. The van der Waals surface area contributed by atoms with E-state index >= 15 is 0 Å². The Morgan fingerprint density at radius 1 is 0.974 bits per heavy atom. The van der Waals surface area contributed by atoms with E-state index < -0.39 is 0 Å². The summed E-state index contributed by atoms with van der Waals surface area (Å²) in [5.41, 5.74) is 1.34. The van der Waals surface area contributed by atoms with Gasteiger partial charge in [-0.2, -0.15) is 15.0 Å². The molecule has 2 aromatic carbocycles. The standard InChI is InChI=1S/C27H30N8OS2/c1-18(2)22-17-28-26(38-22)31-24-30-25(35-15-13-34(3)14-16-35)33-27(32-24)37-21-11-9-20(10-12-21)29-23(36)19-7-5-4-6-8-19/h4-12,17-18H,13-16H2,1-3H3,(H,29,36)(H,28,30,31,32,33). The van der Waals surface area contributed by atoms with Crippen LogP contribution >= 0.6 is 23.1 Å². The first-order valence-electron chi connectivity index (χ1n) is 12.5. The molecule has 0 aliphatic carbocycles. The number of piperazine rings is 1. The zero-order valence-corrected chi connectivity index (χ0v) is 23.2. The van der Waals surface area contributed by atoms with Crippen molar-refractivity contribution in [2.75, 3.05) is 48.8 Å². The number of carbonyl (C=O) groups excluding carboxylic acids is 1. The number of aromatic nitrogens is 4. The molecule has 1 aliphatic rings. The maximum absolute atomic E-state index is 12.5. The van der Waals surface area contributed by atoms with E-state index in [4.69, 9.17) is 9.97 Å².